The highest BCUT2D eigenvalue weighted by atomic mass is 32.2. The summed E-state index contributed by atoms with van der Waals surface area (Å²) in [4.78, 5) is 16.9. The van der Waals surface area contributed by atoms with E-state index in [1.807, 2.05) is 31.2 Å². The molecule has 2 heterocycles. The summed E-state index contributed by atoms with van der Waals surface area (Å²) < 4.78 is 11.2. The van der Waals surface area contributed by atoms with Gasteiger partial charge in [-0.3, -0.25) is 4.79 Å². The number of rotatable bonds is 6. The standard InChI is InChI=1S/C19H22N2O3S/c1-3-15(13-5-6-16-17(11-13)24-10-9-23-16)21-19(22)14-7-8-20-18(12-14)25-4-2/h5-8,11-12,15H,3-4,9-10H2,1-2H3,(H,21,22). The van der Waals surface area contributed by atoms with Crippen molar-refractivity contribution in [3.63, 3.8) is 0 Å². The highest BCUT2D eigenvalue weighted by Gasteiger charge is 2.18. The summed E-state index contributed by atoms with van der Waals surface area (Å²) in [6.45, 7) is 5.23. The minimum atomic E-state index is -0.0953. The summed E-state index contributed by atoms with van der Waals surface area (Å²) in [6.07, 6.45) is 2.46. The van der Waals surface area contributed by atoms with Gasteiger partial charge in [-0.05, 0) is 42.0 Å². The van der Waals surface area contributed by atoms with Crippen molar-refractivity contribution in [1.82, 2.24) is 10.3 Å². The molecule has 0 saturated heterocycles. The van der Waals surface area contributed by atoms with Gasteiger partial charge in [-0.1, -0.05) is 19.9 Å². The smallest absolute Gasteiger partial charge is 0.251 e. The maximum atomic E-state index is 12.6. The van der Waals surface area contributed by atoms with Crippen LogP contribution < -0.4 is 14.8 Å². The number of carbonyl (C=O) groups is 1. The quantitative estimate of drug-likeness (QED) is 0.795. The molecule has 132 valence electrons. The van der Waals surface area contributed by atoms with Crippen molar-refractivity contribution in [2.24, 2.45) is 0 Å². The van der Waals surface area contributed by atoms with Crippen LogP contribution in [0.3, 0.4) is 0 Å². The molecule has 6 heteroatoms. The van der Waals surface area contributed by atoms with Crippen LogP contribution in [0, 0.1) is 0 Å². The first-order valence-electron chi connectivity index (χ1n) is 8.50. The van der Waals surface area contributed by atoms with E-state index in [2.05, 4.69) is 17.2 Å². The monoisotopic (exact) mass is 358 g/mol. The summed E-state index contributed by atoms with van der Waals surface area (Å²) in [7, 11) is 0. The van der Waals surface area contributed by atoms with E-state index in [0.717, 1.165) is 34.3 Å². The van der Waals surface area contributed by atoms with E-state index in [4.69, 9.17) is 9.47 Å². The van der Waals surface area contributed by atoms with E-state index in [0.29, 0.717) is 18.8 Å². The van der Waals surface area contributed by atoms with Crippen molar-refractivity contribution in [3.8, 4) is 11.5 Å². The number of hydrogen-bond donors (Lipinski definition) is 1. The molecule has 1 aromatic carbocycles. The molecule has 5 nitrogen and oxygen atoms in total. The summed E-state index contributed by atoms with van der Waals surface area (Å²) >= 11 is 1.62. The molecular formula is C19H22N2O3S. The molecule has 2 aromatic rings. The Bertz CT molecular complexity index is 751. The zero-order chi connectivity index (χ0) is 17.6. The lowest BCUT2D eigenvalue weighted by Crippen LogP contribution is -2.28. The lowest BCUT2D eigenvalue weighted by molar-refractivity contribution is 0.0935. The zero-order valence-electron chi connectivity index (χ0n) is 14.5. The molecule has 1 aromatic heterocycles. The van der Waals surface area contributed by atoms with Gasteiger partial charge < -0.3 is 14.8 Å². The second kappa shape index (κ2) is 8.25. The SMILES string of the molecule is CCSc1cc(C(=O)NC(CC)c2ccc3c(c2)OCCO3)ccn1. The van der Waals surface area contributed by atoms with Crippen LogP contribution in [-0.2, 0) is 0 Å². The third-order valence-electron chi connectivity index (χ3n) is 3.97. The Hall–Kier alpha value is -2.21. The van der Waals surface area contributed by atoms with Crippen molar-refractivity contribution in [1.29, 1.82) is 0 Å². The van der Waals surface area contributed by atoms with Gasteiger partial charge in [0.15, 0.2) is 11.5 Å². The third-order valence-corrected chi connectivity index (χ3v) is 4.78. The highest BCUT2D eigenvalue weighted by molar-refractivity contribution is 7.99. The van der Waals surface area contributed by atoms with Crippen LogP contribution in [0.2, 0.25) is 0 Å². The Morgan fingerprint density at radius 2 is 2.00 bits per heavy atom. The lowest BCUT2D eigenvalue weighted by Gasteiger charge is -2.22. The molecule has 0 aliphatic carbocycles. The topological polar surface area (TPSA) is 60.5 Å². The molecule has 1 aliphatic heterocycles. The number of aromatic nitrogens is 1. The Balaban J connectivity index is 1.75. The number of thioether (sulfide) groups is 1. The van der Waals surface area contributed by atoms with Gasteiger partial charge in [0.2, 0.25) is 0 Å². The molecule has 0 saturated carbocycles. The molecule has 3 rings (SSSR count). The van der Waals surface area contributed by atoms with Crippen LogP contribution >= 0.6 is 11.8 Å². The Labute approximate surface area is 152 Å². The van der Waals surface area contributed by atoms with Crippen molar-refractivity contribution < 1.29 is 14.3 Å². The summed E-state index contributed by atoms with van der Waals surface area (Å²) in [5.41, 5.74) is 1.64. The fourth-order valence-electron chi connectivity index (χ4n) is 2.72. The van der Waals surface area contributed by atoms with Crippen molar-refractivity contribution in [2.75, 3.05) is 19.0 Å². The molecule has 1 atom stereocenters. The maximum Gasteiger partial charge on any atom is 0.251 e. The molecule has 0 radical (unpaired) electrons. The Morgan fingerprint density at radius 1 is 1.20 bits per heavy atom. The van der Waals surface area contributed by atoms with Crippen molar-refractivity contribution >= 4 is 17.7 Å². The van der Waals surface area contributed by atoms with Crippen LogP contribution in [0.1, 0.15) is 42.2 Å². The second-order valence-corrected chi connectivity index (χ2v) is 6.94. The molecule has 1 aliphatic rings. The first-order chi connectivity index (χ1) is 12.2. The largest absolute Gasteiger partial charge is 0.486 e. The predicted molar refractivity (Wildman–Crippen MR) is 98.6 cm³/mol. The lowest BCUT2D eigenvalue weighted by atomic mass is 10.0. The van der Waals surface area contributed by atoms with Crippen LogP contribution in [0.25, 0.3) is 0 Å². The number of hydrogen-bond acceptors (Lipinski definition) is 5. The third kappa shape index (κ3) is 4.25. The first-order valence-corrected chi connectivity index (χ1v) is 9.49. The fourth-order valence-corrected chi connectivity index (χ4v) is 3.36. The number of pyridine rings is 1. The number of amides is 1. The van der Waals surface area contributed by atoms with Crippen LogP contribution in [0.5, 0.6) is 11.5 Å². The van der Waals surface area contributed by atoms with Crippen LogP contribution in [-0.4, -0.2) is 29.9 Å². The van der Waals surface area contributed by atoms with E-state index < -0.39 is 0 Å². The molecule has 1 amide bonds. The molecule has 0 fully saturated rings. The molecule has 25 heavy (non-hydrogen) atoms. The summed E-state index contributed by atoms with van der Waals surface area (Å²) in [6, 6.07) is 9.33. The summed E-state index contributed by atoms with van der Waals surface area (Å²) in [5.74, 6) is 2.32. The van der Waals surface area contributed by atoms with E-state index >= 15 is 0 Å². The number of fused-ring (bicyclic) bond motifs is 1. The first kappa shape index (κ1) is 17.6. The number of nitrogens with zero attached hydrogens (tertiary/aromatic N) is 1. The number of benzene rings is 1. The van der Waals surface area contributed by atoms with Gasteiger partial charge >= 0.3 is 0 Å². The van der Waals surface area contributed by atoms with Crippen molar-refractivity contribution in [3.05, 3.63) is 47.7 Å². The van der Waals surface area contributed by atoms with Gasteiger partial charge in [0, 0.05) is 11.8 Å². The van der Waals surface area contributed by atoms with Gasteiger partial charge in [-0.25, -0.2) is 4.98 Å². The minimum absolute atomic E-state index is 0.0845. The average Bonchev–Trinajstić information content (AvgIpc) is 2.66. The van der Waals surface area contributed by atoms with E-state index in [-0.39, 0.29) is 11.9 Å². The Kier molecular flexibility index (Phi) is 5.81. The van der Waals surface area contributed by atoms with Gasteiger partial charge in [0.25, 0.3) is 5.91 Å². The predicted octanol–water partition coefficient (Wildman–Crippen LogP) is 3.85. The van der Waals surface area contributed by atoms with Gasteiger partial charge in [0.1, 0.15) is 13.2 Å². The van der Waals surface area contributed by atoms with Crippen LogP contribution in [0.4, 0.5) is 0 Å². The fraction of sp³-hybridized carbons (Fsp3) is 0.368. The van der Waals surface area contributed by atoms with E-state index in [9.17, 15) is 4.79 Å². The highest BCUT2D eigenvalue weighted by Crippen LogP contribution is 2.33. The zero-order valence-corrected chi connectivity index (χ0v) is 15.3. The van der Waals surface area contributed by atoms with Gasteiger partial charge in [-0.15, -0.1) is 11.8 Å². The number of nitrogens with one attached hydrogen (secondary N) is 1. The minimum Gasteiger partial charge on any atom is -0.486 e. The van der Waals surface area contributed by atoms with E-state index in [1.165, 1.54) is 0 Å². The second-order valence-electron chi connectivity index (χ2n) is 5.65. The van der Waals surface area contributed by atoms with Crippen molar-refractivity contribution in [2.45, 2.75) is 31.3 Å². The van der Waals surface area contributed by atoms with E-state index in [1.54, 1.807) is 24.0 Å². The van der Waals surface area contributed by atoms with Gasteiger partial charge in [-0.2, -0.15) is 0 Å². The molecular weight excluding hydrogens is 336 g/mol. The number of ether oxygens (including phenoxy) is 2. The maximum absolute atomic E-state index is 12.6. The Morgan fingerprint density at radius 3 is 2.76 bits per heavy atom. The van der Waals surface area contributed by atoms with Gasteiger partial charge in [0.05, 0.1) is 11.1 Å². The normalized spacial score (nSPS) is 14.0. The summed E-state index contributed by atoms with van der Waals surface area (Å²) in [5, 5.41) is 3.97. The molecule has 1 N–H and O–H groups in total. The molecule has 1 unspecified atom stereocenters. The molecule has 0 bridgehead atoms. The average molecular weight is 358 g/mol. The van der Waals surface area contributed by atoms with Crippen LogP contribution in [0.15, 0.2) is 41.6 Å². The molecule has 0 spiro atoms. The number of carbonyl (C=O) groups excluding carboxylic acids is 1.